The van der Waals surface area contributed by atoms with Crippen molar-refractivity contribution >= 4 is 24.7 Å². The van der Waals surface area contributed by atoms with Crippen LogP contribution in [0, 0.1) is 0 Å². The van der Waals surface area contributed by atoms with Crippen LogP contribution in [0.25, 0.3) is 11.0 Å². The van der Waals surface area contributed by atoms with E-state index in [0.29, 0.717) is 11.0 Å². The van der Waals surface area contributed by atoms with E-state index in [1.165, 1.54) is 4.34 Å². The topological polar surface area (TPSA) is 79.4 Å². The molecule has 0 spiro atoms. The molecule has 0 fully saturated rings. The van der Waals surface area contributed by atoms with Gasteiger partial charge in [-0.05, 0) is 26.0 Å². The van der Waals surface area contributed by atoms with Gasteiger partial charge < -0.3 is 5.73 Å². The fraction of sp³-hybridized carbons (Fsp3) is 0.364. The fourth-order valence-corrected chi connectivity index (χ4v) is 3.46. The van der Waals surface area contributed by atoms with Crippen LogP contribution in [0.4, 0.5) is 5.95 Å². The Kier molecular flexibility index (Phi) is 3.71. The predicted octanol–water partition coefficient (Wildman–Crippen LogP) is 2.65. The standard InChI is InChI=1S/C11H16N3O3P/c1-3-16-18(15,17-4-2)14-10-8-6-5-7-9(10)13-11(14)12/h5-8H,3-4H2,1-2H3,(H2,12,13). The SMILES string of the molecule is CCOP(=O)(OCC)n1c(N)nc2ccccc21. The average Bonchev–Trinajstić information content (AvgIpc) is 2.66. The van der Waals surface area contributed by atoms with Gasteiger partial charge in [0.25, 0.3) is 0 Å². The minimum atomic E-state index is -3.48. The van der Waals surface area contributed by atoms with Crippen LogP contribution in [0.15, 0.2) is 24.3 Å². The highest BCUT2D eigenvalue weighted by Crippen LogP contribution is 2.52. The number of imidazole rings is 1. The molecule has 18 heavy (non-hydrogen) atoms. The Morgan fingerprint density at radius 3 is 2.50 bits per heavy atom. The number of benzene rings is 1. The van der Waals surface area contributed by atoms with Gasteiger partial charge in [0.1, 0.15) is 0 Å². The van der Waals surface area contributed by atoms with E-state index >= 15 is 0 Å². The largest absolute Gasteiger partial charge is 0.442 e. The molecule has 0 aliphatic heterocycles. The molecule has 1 aromatic carbocycles. The molecule has 1 aromatic heterocycles. The number of hydrogen-bond donors (Lipinski definition) is 1. The van der Waals surface area contributed by atoms with Crippen LogP contribution in [0.3, 0.4) is 0 Å². The second-order valence-corrected chi connectivity index (χ2v) is 5.43. The lowest BCUT2D eigenvalue weighted by Crippen LogP contribution is -2.08. The van der Waals surface area contributed by atoms with Crippen molar-refractivity contribution in [3.05, 3.63) is 24.3 Å². The number of hydrogen-bond acceptors (Lipinski definition) is 5. The number of rotatable bonds is 5. The first-order chi connectivity index (χ1) is 8.62. The summed E-state index contributed by atoms with van der Waals surface area (Å²) in [5.74, 6) is 0.126. The summed E-state index contributed by atoms with van der Waals surface area (Å²) in [5.41, 5.74) is 7.12. The van der Waals surface area contributed by atoms with Crippen molar-refractivity contribution in [1.29, 1.82) is 0 Å². The van der Waals surface area contributed by atoms with E-state index in [-0.39, 0.29) is 19.2 Å². The maximum Gasteiger partial charge on any atom is 0.442 e. The van der Waals surface area contributed by atoms with E-state index in [0.717, 1.165) is 0 Å². The third-order valence-electron chi connectivity index (χ3n) is 2.39. The summed E-state index contributed by atoms with van der Waals surface area (Å²) in [6, 6.07) is 7.24. The first-order valence-electron chi connectivity index (χ1n) is 5.75. The van der Waals surface area contributed by atoms with E-state index < -0.39 is 7.75 Å². The van der Waals surface area contributed by atoms with Crippen LogP contribution in [-0.2, 0) is 13.6 Å². The van der Waals surface area contributed by atoms with Crippen molar-refractivity contribution in [3.8, 4) is 0 Å². The minimum absolute atomic E-state index is 0.126. The third kappa shape index (κ3) is 2.14. The number of nitrogen functional groups attached to an aromatic ring is 1. The summed E-state index contributed by atoms with van der Waals surface area (Å²) in [6.45, 7) is 4.04. The molecule has 2 aromatic rings. The second-order valence-electron chi connectivity index (χ2n) is 3.57. The molecule has 6 nitrogen and oxygen atoms in total. The van der Waals surface area contributed by atoms with E-state index in [2.05, 4.69) is 4.98 Å². The fourth-order valence-electron chi connectivity index (χ4n) is 1.77. The van der Waals surface area contributed by atoms with Gasteiger partial charge in [-0.1, -0.05) is 12.1 Å². The number of aromatic nitrogens is 2. The van der Waals surface area contributed by atoms with Crippen LogP contribution in [-0.4, -0.2) is 22.5 Å². The number of anilines is 1. The van der Waals surface area contributed by atoms with E-state index in [9.17, 15) is 4.57 Å². The van der Waals surface area contributed by atoms with Gasteiger partial charge in [-0.15, -0.1) is 0 Å². The first kappa shape index (κ1) is 13.1. The Labute approximate surface area is 105 Å². The van der Waals surface area contributed by atoms with Crippen molar-refractivity contribution in [2.75, 3.05) is 18.9 Å². The molecule has 98 valence electrons. The smallest absolute Gasteiger partial charge is 0.369 e. The Hall–Kier alpha value is -1.36. The molecule has 0 radical (unpaired) electrons. The summed E-state index contributed by atoms with van der Waals surface area (Å²) in [7, 11) is -3.48. The summed E-state index contributed by atoms with van der Waals surface area (Å²) >= 11 is 0. The molecule has 0 aliphatic carbocycles. The molecule has 1 heterocycles. The molecular weight excluding hydrogens is 253 g/mol. The van der Waals surface area contributed by atoms with Crippen molar-refractivity contribution in [2.45, 2.75) is 13.8 Å². The minimum Gasteiger partial charge on any atom is -0.369 e. The summed E-state index contributed by atoms with van der Waals surface area (Å²) in [4.78, 5) is 4.15. The van der Waals surface area contributed by atoms with Gasteiger partial charge in [-0.2, -0.15) is 0 Å². The van der Waals surface area contributed by atoms with Crippen LogP contribution in [0.2, 0.25) is 0 Å². The van der Waals surface area contributed by atoms with Crippen LogP contribution in [0.5, 0.6) is 0 Å². The van der Waals surface area contributed by atoms with Crippen molar-refractivity contribution in [2.24, 2.45) is 0 Å². The number of nitrogens with zero attached hydrogens (tertiary/aromatic N) is 2. The molecule has 0 amide bonds. The normalized spacial score (nSPS) is 12.1. The molecule has 0 saturated heterocycles. The predicted molar refractivity (Wildman–Crippen MR) is 70.4 cm³/mol. The number of para-hydroxylation sites is 2. The van der Waals surface area contributed by atoms with Crippen molar-refractivity contribution in [3.63, 3.8) is 0 Å². The third-order valence-corrected chi connectivity index (χ3v) is 4.47. The van der Waals surface area contributed by atoms with Gasteiger partial charge in [-0.25, -0.2) is 13.9 Å². The Balaban J connectivity index is 2.63. The van der Waals surface area contributed by atoms with Crippen molar-refractivity contribution in [1.82, 2.24) is 9.32 Å². The number of nitrogens with two attached hydrogens (primary N) is 1. The maximum absolute atomic E-state index is 12.7. The molecular formula is C11H16N3O3P. The highest BCUT2D eigenvalue weighted by atomic mass is 31.2. The monoisotopic (exact) mass is 269 g/mol. The van der Waals surface area contributed by atoms with E-state index in [1.807, 2.05) is 12.1 Å². The average molecular weight is 269 g/mol. The summed E-state index contributed by atoms with van der Waals surface area (Å²) < 4.78 is 24.6. The Morgan fingerprint density at radius 2 is 1.89 bits per heavy atom. The lowest BCUT2D eigenvalue weighted by molar-refractivity contribution is 0.214. The van der Waals surface area contributed by atoms with Crippen molar-refractivity contribution < 1.29 is 13.6 Å². The van der Waals surface area contributed by atoms with Crippen LogP contribution < -0.4 is 5.73 Å². The van der Waals surface area contributed by atoms with Crippen LogP contribution >= 0.6 is 7.75 Å². The van der Waals surface area contributed by atoms with E-state index in [4.69, 9.17) is 14.8 Å². The van der Waals surface area contributed by atoms with Gasteiger partial charge in [0, 0.05) is 0 Å². The van der Waals surface area contributed by atoms with Gasteiger partial charge in [-0.3, -0.25) is 9.05 Å². The molecule has 0 bridgehead atoms. The van der Waals surface area contributed by atoms with Gasteiger partial charge in [0.2, 0.25) is 5.95 Å². The molecule has 0 unspecified atom stereocenters. The molecule has 0 atom stereocenters. The molecule has 0 aliphatic rings. The molecule has 0 saturated carbocycles. The van der Waals surface area contributed by atoms with Crippen LogP contribution in [0.1, 0.15) is 13.8 Å². The zero-order valence-corrected chi connectivity index (χ0v) is 11.3. The van der Waals surface area contributed by atoms with Gasteiger partial charge in [0.15, 0.2) is 0 Å². The Morgan fingerprint density at radius 1 is 1.28 bits per heavy atom. The lowest BCUT2D eigenvalue weighted by atomic mass is 10.3. The highest BCUT2D eigenvalue weighted by molar-refractivity contribution is 7.52. The summed E-state index contributed by atoms with van der Waals surface area (Å²) in [5, 5.41) is 0. The molecule has 2 N–H and O–H groups in total. The maximum atomic E-state index is 12.7. The van der Waals surface area contributed by atoms with E-state index in [1.54, 1.807) is 26.0 Å². The Bertz CT molecular complexity index is 586. The second kappa shape index (κ2) is 5.10. The molecule has 2 rings (SSSR count). The number of fused-ring (bicyclic) bond motifs is 1. The zero-order valence-electron chi connectivity index (χ0n) is 10.4. The summed E-state index contributed by atoms with van der Waals surface area (Å²) in [6.07, 6.45) is 0. The highest BCUT2D eigenvalue weighted by Gasteiger charge is 2.31. The van der Waals surface area contributed by atoms with Gasteiger partial charge in [0.05, 0.1) is 24.2 Å². The molecule has 7 heteroatoms. The lowest BCUT2D eigenvalue weighted by Gasteiger charge is -2.19. The van der Waals surface area contributed by atoms with Gasteiger partial charge >= 0.3 is 7.75 Å². The first-order valence-corrected chi connectivity index (χ1v) is 7.25. The zero-order chi connectivity index (χ0) is 13.2. The quantitative estimate of drug-likeness (QED) is 0.844.